The largest absolute Gasteiger partial charge is 0.481 e. The van der Waals surface area contributed by atoms with Gasteiger partial charge in [0.2, 0.25) is 0 Å². The van der Waals surface area contributed by atoms with Gasteiger partial charge < -0.3 is 15.4 Å². The van der Waals surface area contributed by atoms with Crippen LogP contribution in [0.3, 0.4) is 0 Å². The SMILES string of the molecule is O=C(O)C[C@@H](c1cnc(=O)[nH]c1)n1ccc(CCCc2ccc3c(n2)NCCC3)n1. The fourth-order valence-corrected chi connectivity index (χ4v) is 3.71. The van der Waals surface area contributed by atoms with Gasteiger partial charge in [-0.05, 0) is 49.8 Å². The van der Waals surface area contributed by atoms with Crippen LogP contribution in [0.2, 0.25) is 0 Å². The van der Waals surface area contributed by atoms with Gasteiger partial charge in [0.05, 0.1) is 18.2 Å². The molecule has 3 aromatic heterocycles. The highest BCUT2D eigenvalue weighted by atomic mass is 16.4. The second kappa shape index (κ2) is 8.89. The normalized spacial score (nSPS) is 14.0. The molecule has 4 rings (SSSR count). The van der Waals surface area contributed by atoms with Crippen LogP contribution in [-0.4, -0.2) is 42.4 Å². The Labute approximate surface area is 173 Å². The molecular weight excluding hydrogens is 384 g/mol. The fraction of sp³-hybridized carbons (Fsp3) is 0.381. The summed E-state index contributed by atoms with van der Waals surface area (Å²) in [4.78, 5) is 33.4. The van der Waals surface area contributed by atoms with Crippen molar-refractivity contribution in [2.45, 2.75) is 44.6 Å². The smallest absolute Gasteiger partial charge is 0.344 e. The molecule has 9 heteroatoms. The third kappa shape index (κ3) is 4.73. The summed E-state index contributed by atoms with van der Waals surface area (Å²) in [7, 11) is 0. The van der Waals surface area contributed by atoms with Crippen molar-refractivity contribution in [1.29, 1.82) is 0 Å². The van der Waals surface area contributed by atoms with Crippen LogP contribution < -0.4 is 11.0 Å². The lowest BCUT2D eigenvalue weighted by Crippen LogP contribution is -2.19. The molecule has 0 saturated heterocycles. The zero-order valence-electron chi connectivity index (χ0n) is 16.5. The van der Waals surface area contributed by atoms with Gasteiger partial charge in [-0.15, -0.1) is 0 Å². The molecular formula is C21H24N6O3. The Morgan fingerprint density at radius 1 is 1.23 bits per heavy atom. The first-order chi connectivity index (χ1) is 14.6. The second-order valence-electron chi connectivity index (χ2n) is 7.45. The van der Waals surface area contributed by atoms with Crippen molar-refractivity contribution in [2.24, 2.45) is 0 Å². The van der Waals surface area contributed by atoms with Gasteiger partial charge in [-0.25, -0.2) is 14.8 Å². The minimum absolute atomic E-state index is 0.152. The summed E-state index contributed by atoms with van der Waals surface area (Å²) in [6.07, 6.45) is 9.24. The lowest BCUT2D eigenvalue weighted by Gasteiger charge is -2.17. The molecule has 4 heterocycles. The molecule has 0 amide bonds. The molecule has 0 aliphatic carbocycles. The van der Waals surface area contributed by atoms with E-state index < -0.39 is 17.7 Å². The summed E-state index contributed by atoms with van der Waals surface area (Å²) < 4.78 is 1.62. The number of hydrogen-bond acceptors (Lipinski definition) is 6. The number of carboxylic acids is 1. The number of carbonyl (C=O) groups is 1. The quantitative estimate of drug-likeness (QED) is 0.520. The molecule has 1 atom stereocenters. The third-order valence-electron chi connectivity index (χ3n) is 5.25. The molecule has 3 N–H and O–H groups in total. The third-order valence-corrected chi connectivity index (χ3v) is 5.25. The van der Waals surface area contributed by atoms with Crippen LogP contribution in [0.4, 0.5) is 5.82 Å². The Morgan fingerprint density at radius 3 is 2.90 bits per heavy atom. The number of aromatic nitrogens is 5. The maximum absolute atomic E-state index is 11.3. The monoisotopic (exact) mass is 408 g/mol. The number of nitrogens with one attached hydrogen (secondary N) is 2. The summed E-state index contributed by atoms with van der Waals surface area (Å²) in [5, 5.41) is 17.2. The molecule has 1 aliphatic heterocycles. The van der Waals surface area contributed by atoms with Gasteiger partial charge in [-0.1, -0.05) is 6.07 Å². The van der Waals surface area contributed by atoms with Crippen LogP contribution in [0.5, 0.6) is 0 Å². The highest BCUT2D eigenvalue weighted by Crippen LogP contribution is 2.22. The number of carboxylic acid groups (broad SMARTS) is 1. The van der Waals surface area contributed by atoms with E-state index in [1.165, 1.54) is 18.0 Å². The second-order valence-corrected chi connectivity index (χ2v) is 7.45. The average molecular weight is 408 g/mol. The first-order valence-electron chi connectivity index (χ1n) is 10.1. The van der Waals surface area contributed by atoms with Crippen molar-refractivity contribution in [1.82, 2.24) is 24.7 Å². The maximum atomic E-state index is 11.3. The van der Waals surface area contributed by atoms with E-state index in [1.54, 1.807) is 10.9 Å². The van der Waals surface area contributed by atoms with E-state index in [0.717, 1.165) is 55.9 Å². The van der Waals surface area contributed by atoms with Crippen LogP contribution in [0.25, 0.3) is 0 Å². The number of hydrogen-bond donors (Lipinski definition) is 3. The number of anilines is 1. The van der Waals surface area contributed by atoms with Crippen LogP contribution in [0.15, 0.2) is 41.6 Å². The first-order valence-corrected chi connectivity index (χ1v) is 10.1. The highest BCUT2D eigenvalue weighted by molar-refractivity contribution is 5.68. The van der Waals surface area contributed by atoms with Crippen LogP contribution in [0.1, 0.15) is 47.8 Å². The predicted molar refractivity (Wildman–Crippen MR) is 111 cm³/mol. The van der Waals surface area contributed by atoms with Gasteiger partial charge in [-0.3, -0.25) is 9.48 Å². The van der Waals surface area contributed by atoms with Crippen molar-refractivity contribution < 1.29 is 9.90 Å². The maximum Gasteiger partial charge on any atom is 0.344 e. The Morgan fingerprint density at radius 2 is 2.10 bits per heavy atom. The van der Waals surface area contributed by atoms with Gasteiger partial charge in [0.15, 0.2) is 0 Å². The molecule has 3 aromatic rings. The summed E-state index contributed by atoms with van der Waals surface area (Å²) in [5.74, 6) is 0.0596. The van der Waals surface area contributed by atoms with Crippen molar-refractivity contribution >= 4 is 11.8 Å². The van der Waals surface area contributed by atoms with E-state index in [1.807, 2.05) is 6.07 Å². The predicted octanol–water partition coefficient (Wildman–Crippen LogP) is 1.96. The number of fused-ring (bicyclic) bond motifs is 1. The summed E-state index contributed by atoms with van der Waals surface area (Å²) >= 11 is 0. The number of H-pyrrole nitrogens is 1. The molecule has 0 aromatic carbocycles. The van der Waals surface area contributed by atoms with Crippen molar-refractivity contribution in [3.05, 3.63) is 69.8 Å². The van der Waals surface area contributed by atoms with Crippen LogP contribution >= 0.6 is 0 Å². The highest BCUT2D eigenvalue weighted by Gasteiger charge is 2.19. The zero-order valence-corrected chi connectivity index (χ0v) is 16.5. The first kappa shape index (κ1) is 19.8. The molecule has 0 spiro atoms. The molecule has 0 saturated carbocycles. The van der Waals surface area contributed by atoms with E-state index in [2.05, 4.69) is 32.5 Å². The summed E-state index contributed by atoms with van der Waals surface area (Å²) in [6, 6.07) is 5.62. The lowest BCUT2D eigenvalue weighted by atomic mass is 10.1. The molecule has 156 valence electrons. The number of aromatic amines is 1. The van der Waals surface area contributed by atoms with Crippen molar-refractivity contribution in [3.63, 3.8) is 0 Å². The number of nitrogens with zero attached hydrogens (tertiary/aromatic N) is 4. The van der Waals surface area contributed by atoms with Gasteiger partial charge >= 0.3 is 11.7 Å². The lowest BCUT2D eigenvalue weighted by molar-refractivity contribution is -0.137. The Bertz CT molecular complexity index is 1070. The Balaban J connectivity index is 1.40. The van der Waals surface area contributed by atoms with Crippen LogP contribution in [0, 0.1) is 0 Å². The minimum Gasteiger partial charge on any atom is -0.481 e. The van der Waals surface area contributed by atoms with Gasteiger partial charge in [0.25, 0.3) is 0 Å². The standard InChI is InChI=1S/C21H24N6O3/c28-19(29)11-18(15-12-23-21(30)24-13-15)27-10-8-17(26-27)5-1-4-16-7-6-14-3-2-9-22-20(14)25-16/h6-8,10,12-13,18H,1-5,9,11H2,(H,22,25)(H,28,29)(H,23,24,30)/t18-/m0/s1. The number of rotatable bonds is 8. The molecule has 0 bridgehead atoms. The van der Waals surface area contributed by atoms with Gasteiger partial charge in [0, 0.05) is 36.4 Å². The summed E-state index contributed by atoms with van der Waals surface area (Å²) in [6.45, 7) is 0.975. The van der Waals surface area contributed by atoms with Crippen molar-refractivity contribution in [2.75, 3.05) is 11.9 Å². The molecule has 30 heavy (non-hydrogen) atoms. The molecule has 0 radical (unpaired) electrons. The van der Waals surface area contributed by atoms with E-state index in [4.69, 9.17) is 4.98 Å². The number of aliphatic carboxylic acids is 1. The molecule has 1 aliphatic rings. The minimum atomic E-state index is -0.949. The average Bonchev–Trinajstić information content (AvgIpc) is 3.21. The topological polar surface area (TPSA) is 126 Å². The van der Waals surface area contributed by atoms with Crippen LogP contribution in [-0.2, 0) is 24.1 Å². The van der Waals surface area contributed by atoms with E-state index in [-0.39, 0.29) is 6.42 Å². The van der Waals surface area contributed by atoms with Crippen molar-refractivity contribution in [3.8, 4) is 0 Å². The van der Waals surface area contributed by atoms with E-state index in [9.17, 15) is 14.7 Å². The molecule has 0 fully saturated rings. The number of aryl methyl sites for hydroxylation is 3. The fourth-order valence-electron chi connectivity index (χ4n) is 3.71. The van der Waals surface area contributed by atoms with E-state index >= 15 is 0 Å². The van der Waals surface area contributed by atoms with E-state index in [0.29, 0.717) is 5.56 Å². The Hall–Kier alpha value is -3.49. The zero-order chi connectivity index (χ0) is 20.9. The Kier molecular flexibility index (Phi) is 5.87. The van der Waals surface area contributed by atoms with Gasteiger partial charge in [-0.2, -0.15) is 5.10 Å². The van der Waals surface area contributed by atoms with Gasteiger partial charge in [0.1, 0.15) is 5.82 Å². The summed E-state index contributed by atoms with van der Waals surface area (Å²) in [5.41, 5.74) is 3.35. The molecule has 0 unspecified atom stereocenters. The molecule has 9 nitrogen and oxygen atoms in total. The number of pyridine rings is 1.